The smallest absolute Gasteiger partial charge is 0.225 e. The molecule has 3 rings (SSSR count). The average molecular weight is 312 g/mol. The van der Waals surface area contributed by atoms with Crippen LogP contribution in [-0.2, 0) is 12.8 Å². The molecule has 124 valence electrons. The van der Waals surface area contributed by atoms with Crippen LogP contribution < -0.4 is 4.90 Å². The van der Waals surface area contributed by atoms with Crippen molar-refractivity contribution in [2.45, 2.75) is 57.9 Å². The monoisotopic (exact) mass is 312 g/mol. The lowest BCUT2D eigenvalue weighted by Crippen LogP contribution is -2.52. The molecule has 0 aromatic carbocycles. The summed E-state index contributed by atoms with van der Waals surface area (Å²) >= 11 is 0. The Balaban J connectivity index is 1.66. The van der Waals surface area contributed by atoms with Crippen LogP contribution in [0.4, 0.5) is 5.95 Å². The number of hydrogen-bond acceptors (Lipinski definition) is 4. The van der Waals surface area contributed by atoms with Crippen molar-refractivity contribution in [3.05, 3.63) is 17.5 Å². The van der Waals surface area contributed by atoms with E-state index in [-0.39, 0.29) is 0 Å². The van der Waals surface area contributed by atoms with Crippen LogP contribution in [0.15, 0.2) is 6.20 Å². The number of aromatic nitrogens is 2. The molecule has 4 nitrogen and oxygen atoms in total. The summed E-state index contributed by atoms with van der Waals surface area (Å²) in [6.07, 6.45) is 15.4. The predicted octanol–water partition coefficient (Wildman–Crippen LogP) is 2.67. The summed E-state index contributed by atoms with van der Waals surface area (Å²) in [5, 5.41) is 0. The van der Waals surface area contributed by atoms with Crippen LogP contribution in [-0.4, -0.2) is 47.1 Å². The number of anilines is 1. The van der Waals surface area contributed by atoms with E-state index in [0.717, 1.165) is 69.5 Å². The van der Waals surface area contributed by atoms with Crippen LogP contribution in [0.3, 0.4) is 0 Å². The maximum absolute atomic E-state index is 5.43. The van der Waals surface area contributed by atoms with Gasteiger partial charge in [0.25, 0.3) is 0 Å². The van der Waals surface area contributed by atoms with Crippen LogP contribution in [0.2, 0.25) is 0 Å². The largest absolute Gasteiger partial charge is 0.338 e. The van der Waals surface area contributed by atoms with Gasteiger partial charge in [0.05, 0.1) is 5.69 Å². The third kappa shape index (κ3) is 3.84. The molecule has 0 radical (unpaired) electrons. The Hall–Kier alpha value is -1.60. The fourth-order valence-electron chi connectivity index (χ4n) is 3.51. The van der Waals surface area contributed by atoms with Gasteiger partial charge in [0.15, 0.2) is 0 Å². The molecule has 2 fully saturated rings. The molecule has 1 saturated heterocycles. The molecule has 0 unspecified atom stereocenters. The van der Waals surface area contributed by atoms with E-state index in [2.05, 4.69) is 27.6 Å². The van der Waals surface area contributed by atoms with Crippen LogP contribution >= 0.6 is 0 Å². The third-order valence-electron chi connectivity index (χ3n) is 5.16. The van der Waals surface area contributed by atoms with E-state index in [1.165, 1.54) is 24.8 Å². The van der Waals surface area contributed by atoms with E-state index in [1.807, 2.05) is 6.20 Å². The van der Waals surface area contributed by atoms with Crippen molar-refractivity contribution < 1.29 is 0 Å². The zero-order valence-electron chi connectivity index (χ0n) is 14.3. The first-order valence-electron chi connectivity index (χ1n) is 9.09. The number of nitrogens with zero attached hydrogens (tertiary/aromatic N) is 4. The normalized spacial score (nSPS) is 19.4. The Labute approximate surface area is 140 Å². The minimum Gasteiger partial charge on any atom is -0.338 e. The molecule has 0 atom stereocenters. The molecule has 1 aromatic heterocycles. The van der Waals surface area contributed by atoms with Gasteiger partial charge in [-0.1, -0.05) is 19.8 Å². The summed E-state index contributed by atoms with van der Waals surface area (Å²) in [7, 11) is 0. The standard InChI is InChI=1S/C19H28N4/c1-3-5-10-18-16(7-4-2)15-20-19(21-18)23-13-11-22(12-14-23)17-8-6-9-17/h1,15,17H,4-14H2,2H3. The molecule has 1 aromatic rings. The third-order valence-corrected chi connectivity index (χ3v) is 5.16. The van der Waals surface area contributed by atoms with Crippen molar-refractivity contribution >= 4 is 5.95 Å². The van der Waals surface area contributed by atoms with Gasteiger partial charge >= 0.3 is 0 Å². The van der Waals surface area contributed by atoms with E-state index >= 15 is 0 Å². The van der Waals surface area contributed by atoms with Crippen LogP contribution in [0.1, 0.15) is 50.3 Å². The van der Waals surface area contributed by atoms with Gasteiger partial charge < -0.3 is 4.90 Å². The molecule has 0 amide bonds. The molecule has 0 spiro atoms. The molecular weight excluding hydrogens is 284 g/mol. The fourth-order valence-corrected chi connectivity index (χ4v) is 3.51. The van der Waals surface area contributed by atoms with E-state index < -0.39 is 0 Å². The van der Waals surface area contributed by atoms with Gasteiger partial charge in [-0.25, -0.2) is 9.97 Å². The summed E-state index contributed by atoms with van der Waals surface area (Å²) in [4.78, 5) is 14.5. The number of aryl methyl sites for hydroxylation is 2. The topological polar surface area (TPSA) is 32.3 Å². The predicted molar refractivity (Wildman–Crippen MR) is 94.6 cm³/mol. The Morgan fingerprint density at radius 1 is 1.22 bits per heavy atom. The van der Waals surface area contributed by atoms with Gasteiger partial charge in [0.1, 0.15) is 0 Å². The first kappa shape index (κ1) is 16.3. The quantitative estimate of drug-likeness (QED) is 0.756. The van der Waals surface area contributed by atoms with Crippen LogP contribution in [0.5, 0.6) is 0 Å². The highest BCUT2D eigenvalue weighted by Crippen LogP contribution is 2.26. The molecule has 1 aliphatic carbocycles. The van der Waals surface area contributed by atoms with Gasteiger partial charge in [-0.15, -0.1) is 12.3 Å². The van der Waals surface area contributed by atoms with Gasteiger partial charge in [0.2, 0.25) is 5.95 Å². The first-order chi connectivity index (χ1) is 11.3. The maximum Gasteiger partial charge on any atom is 0.225 e. The zero-order chi connectivity index (χ0) is 16.1. The number of piperazine rings is 1. The summed E-state index contributed by atoms with van der Waals surface area (Å²) < 4.78 is 0. The highest BCUT2D eigenvalue weighted by Gasteiger charge is 2.28. The van der Waals surface area contributed by atoms with Crippen LogP contribution in [0.25, 0.3) is 0 Å². The minimum atomic E-state index is 0.753. The van der Waals surface area contributed by atoms with E-state index in [0.29, 0.717) is 0 Å². The van der Waals surface area contributed by atoms with Gasteiger partial charge in [-0.3, -0.25) is 4.90 Å². The van der Waals surface area contributed by atoms with Crippen LogP contribution in [0, 0.1) is 12.3 Å². The first-order valence-corrected chi connectivity index (χ1v) is 9.09. The summed E-state index contributed by atoms with van der Waals surface area (Å²) in [6, 6.07) is 0.844. The molecule has 23 heavy (non-hydrogen) atoms. The van der Waals surface area contributed by atoms with Crippen molar-refractivity contribution in [1.82, 2.24) is 14.9 Å². The minimum absolute atomic E-state index is 0.753. The van der Waals surface area contributed by atoms with Gasteiger partial charge in [-0.2, -0.15) is 0 Å². The van der Waals surface area contributed by atoms with Crippen molar-refractivity contribution in [3.8, 4) is 12.3 Å². The van der Waals surface area contributed by atoms with E-state index in [9.17, 15) is 0 Å². The Kier molecular flexibility index (Phi) is 5.51. The highest BCUT2D eigenvalue weighted by atomic mass is 15.3. The van der Waals surface area contributed by atoms with Crippen molar-refractivity contribution in [1.29, 1.82) is 0 Å². The number of terminal acetylenes is 1. The second-order valence-electron chi connectivity index (χ2n) is 6.70. The number of rotatable bonds is 6. The second kappa shape index (κ2) is 7.79. The molecule has 1 aliphatic heterocycles. The Bertz CT molecular complexity index is 551. The molecule has 0 N–H and O–H groups in total. The SMILES string of the molecule is C#CCCc1nc(N2CCN(C3CCC3)CC2)ncc1CCC. The highest BCUT2D eigenvalue weighted by molar-refractivity contribution is 5.34. The molecule has 1 saturated carbocycles. The lowest BCUT2D eigenvalue weighted by atomic mass is 9.91. The van der Waals surface area contributed by atoms with Gasteiger partial charge in [-0.05, 0) is 24.8 Å². The maximum atomic E-state index is 5.43. The zero-order valence-corrected chi connectivity index (χ0v) is 14.3. The summed E-state index contributed by atoms with van der Waals surface area (Å²) in [5.41, 5.74) is 2.41. The van der Waals surface area contributed by atoms with E-state index in [4.69, 9.17) is 11.4 Å². The van der Waals surface area contributed by atoms with Crippen molar-refractivity contribution in [3.63, 3.8) is 0 Å². The fraction of sp³-hybridized carbons (Fsp3) is 0.684. The van der Waals surface area contributed by atoms with E-state index in [1.54, 1.807) is 0 Å². The van der Waals surface area contributed by atoms with Crippen molar-refractivity contribution in [2.24, 2.45) is 0 Å². The lowest BCUT2D eigenvalue weighted by Gasteiger charge is -2.43. The number of hydrogen-bond donors (Lipinski definition) is 0. The Morgan fingerprint density at radius 2 is 2.00 bits per heavy atom. The summed E-state index contributed by atoms with van der Waals surface area (Å²) in [6.45, 7) is 6.56. The lowest BCUT2D eigenvalue weighted by molar-refractivity contribution is 0.120. The van der Waals surface area contributed by atoms with Gasteiger partial charge in [0, 0.05) is 51.3 Å². The molecule has 2 heterocycles. The molecular formula is C19H28N4. The summed E-state index contributed by atoms with van der Waals surface area (Å²) in [5.74, 6) is 3.63. The average Bonchev–Trinajstić information content (AvgIpc) is 2.53. The van der Waals surface area contributed by atoms with Crippen molar-refractivity contribution in [2.75, 3.05) is 31.1 Å². The Morgan fingerprint density at radius 3 is 2.61 bits per heavy atom. The second-order valence-corrected chi connectivity index (χ2v) is 6.70. The molecule has 2 aliphatic rings. The molecule has 4 heteroatoms. The molecule has 0 bridgehead atoms.